The van der Waals surface area contributed by atoms with Crippen molar-refractivity contribution in [2.45, 2.75) is 37.5 Å². The van der Waals surface area contributed by atoms with Crippen LogP contribution < -0.4 is 10.0 Å². The summed E-state index contributed by atoms with van der Waals surface area (Å²) in [5.74, 6) is -0.274. The van der Waals surface area contributed by atoms with E-state index in [1.54, 1.807) is 24.3 Å². The predicted octanol–water partition coefficient (Wildman–Crippen LogP) is 4.68. The standard InChI is InChI=1S/C21H23ClN2O3S/c1-15-7-10-18(11-8-15)28(26,27)24-17-9-12-19(20(22)13-17)21(25)23-14-16-5-3-2-4-6-16/h5,7-13,24H,2-4,6,14H2,1H3,(H,23,25). The Bertz CT molecular complexity index is 999. The van der Waals surface area contributed by atoms with E-state index in [1.807, 2.05) is 6.92 Å². The Labute approximate surface area is 170 Å². The third-order valence-corrected chi connectivity index (χ3v) is 6.37. The van der Waals surface area contributed by atoms with Crippen molar-refractivity contribution in [2.75, 3.05) is 11.3 Å². The van der Waals surface area contributed by atoms with Gasteiger partial charge in [-0.05, 0) is 62.9 Å². The van der Waals surface area contributed by atoms with E-state index in [4.69, 9.17) is 11.6 Å². The largest absolute Gasteiger partial charge is 0.348 e. The Morgan fingerprint density at radius 2 is 1.86 bits per heavy atom. The van der Waals surface area contributed by atoms with Crippen molar-refractivity contribution >= 4 is 33.2 Å². The summed E-state index contributed by atoms with van der Waals surface area (Å²) < 4.78 is 27.5. The molecule has 7 heteroatoms. The van der Waals surface area contributed by atoms with Gasteiger partial charge in [-0.25, -0.2) is 8.42 Å². The fourth-order valence-electron chi connectivity index (χ4n) is 3.05. The second-order valence-electron chi connectivity index (χ2n) is 6.90. The fraction of sp³-hybridized carbons (Fsp3) is 0.286. The number of benzene rings is 2. The first-order valence-corrected chi connectivity index (χ1v) is 11.1. The number of hydrogen-bond acceptors (Lipinski definition) is 3. The minimum atomic E-state index is -3.72. The van der Waals surface area contributed by atoms with Crippen molar-refractivity contribution in [3.63, 3.8) is 0 Å². The average molecular weight is 419 g/mol. The Morgan fingerprint density at radius 3 is 2.50 bits per heavy atom. The summed E-state index contributed by atoms with van der Waals surface area (Å²) in [7, 11) is -3.72. The van der Waals surface area contributed by atoms with E-state index in [9.17, 15) is 13.2 Å². The summed E-state index contributed by atoms with van der Waals surface area (Å²) in [5.41, 5.74) is 2.83. The van der Waals surface area contributed by atoms with Gasteiger partial charge in [-0.2, -0.15) is 0 Å². The summed E-state index contributed by atoms with van der Waals surface area (Å²) in [4.78, 5) is 12.6. The lowest BCUT2D eigenvalue weighted by atomic mass is 9.99. The molecule has 0 saturated heterocycles. The molecule has 0 spiro atoms. The highest BCUT2D eigenvalue weighted by Gasteiger charge is 2.16. The third-order valence-electron chi connectivity index (χ3n) is 4.66. The summed E-state index contributed by atoms with van der Waals surface area (Å²) in [6, 6.07) is 11.1. The number of carbonyl (C=O) groups excluding carboxylic acids is 1. The number of halogens is 1. The smallest absolute Gasteiger partial charge is 0.261 e. The molecule has 2 N–H and O–H groups in total. The van der Waals surface area contributed by atoms with Crippen molar-refractivity contribution in [1.82, 2.24) is 5.32 Å². The number of sulfonamides is 1. The highest BCUT2D eigenvalue weighted by molar-refractivity contribution is 7.92. The summed E-state index contributed by atoms with van der Waals surface area (Å²) in [6.45, 7) is 2.40. The van der Waals surface area contributed by atoms with Gasteiger partial charge in [0, 0.05) is 6.54 Å². The molecule has 1 aliphatic rings. The number of amides is 1. The lowest BCUT2D eigenvalue weighted by Gasteiger charge is -2.14. The molecule has 2 aromatic carbocycles. The van der Waals surface area contributed by atoms with Gasteiger partial charge in [0.25, 0.3) is 15.9 Å². The molecule has 0 bridgehead atoms. The van der Waals surface area contributed by atoms with Crippen LogP contribution in [0.15, 0.2) is 59.0 Å². The van der Waals surface area contributed by atoms with Crippen molar-refractivity contribution in [2.24, 2.45) is 0 Å². The van der Waals surface area contributed by atoms with E-state index in [0.29, 0.717) is 17.8 Å². The van der Waals surface area contributed by atoms with E-state index in [-0.39, 0.29) is 15.8 Å². The molecule has 0 heterocycles. The second kappa shape index (κ2) is 8.80. The molecule has 0 radical (unpaired) electrons. The van der Waals surface area contributed by atoms with Crippen LogP contribution in [-0.2, 0) is 10.0 Å². The Kier molecular flexibility index (Phi) is 6.42. The first kappa shape index (κ1) is 20.4. The van der Waals surface area contributed by atoms with Crippen molar-refractivity contribution in [1.29, 1.82) is 0 Å². The van der Waals surface area contributed by atoms with Crippen molar-refractivity contribution < 1.29 is 13.2 Å². The number of carbonyl (C=O) groups is 1. The Hall–Kier alpha value is -2.31. The predicted molar refractivity (Wildman–Crippen MR) is 112 cm³/mol. The summed E-state index contributed by atoms with van der Waals surface area (Å²) in [6.07, 6.45) is 6.59. The van der Waals surface area contributed by atoms with Crippen LogP contribution in [0.25, 0.3) is 0 Å². The molecule has 0 aliphatic heterocycles. The van der Waals surface area contributed by atoms with Crippen LogP contribution in [0.2, 0.25) is 5.02 Å². The molecule has 1 aliphatic carbocycles. The molecule has 3 rings (SSSR count). The first-order chi connectivity index (χ1) is 13.3. The van der Waals surface area contributed by atoms with Gasteiger partial charge in [-0.15, -0.1) is 0 Å². The van der Waals surface area contributed by atoms with Crippen molar-refractivity contribution in [3.05, 3.63) is 70.3 Å². The lowest BCUT2D eigenvalue weighted by molar-refractivity contribution is 0.0956. The molecule has 5 nitrogen and oxygen atoms in total. The number of anilines is 1. The van der Waals surface area contributed by atoms with Crippen LogP contribution in [0, 0.1) is 6.92 Å². The van der Waals surface area contributed by atoms with Gasteiger partial charge in [0.05, 0.1) is 21.2 Å². The van der Waals surface area contributed by atoms with Crippen LogP contribution in [0.1, 0.15) is 41.6 Å². The second-order valence-corrected chi connectivity index (χ2v) is 8.99. The maximum atomic E-state index is 12.5. The SMILES string of the molecule is Cc1ccc(S(=O)(=O)Nc2ccc(C(=O)NCC3=CCCCC3)c(Cl)c2)cc1. The van der Waals surface area contributed by atoms with E-state index in [1.165, 1.54) is 30.2 Å². The van der Waals surface area contributed by atoms with E-state index >= 15 is 0 Å². The van der Waals surface area contributed by atoms with Crippen LogP contribution in [-0.4, -0.2) is 20.9 Å². The van der Waals surface area contributed by atoms with Crippen LogP contribution >= 0.6 is 11.6 Å². The van der Waals surface area contributed by atoms with Crippen LogP contribution in [0.3, 0.4) is 0 Å². The maximum Gasteiger partial charge on any atom is 0.261 e. The molecule has 0 unspecified atom stereocenters. The zero-order valence-electron chi connectivity index (χ0n) is 15.7. The molecule has 0 fully saturated rings. The van der Waals surface area contributed by atoms with Gasteiger partial charge in [0.1, 0.15) is 0 Å². The molecule has 0 saturated carbocycles. The minimum Gasteiger partial charge on any atom is -0.348 e. The summed E-state index contributed by atoms with van der Waals surface area (Å²) >= 11 is 6.23. The third kappa shape index (κ3) is 5.14. The van der Waals surface area contributed by atoms with E-state index < -0.39 is 10.0 Å². The van der Waals surface area contributed by atoms with Crippen molar-refractivity contribution in [3.8, 4) is 0 Å². The molecule has 28 heavy (non-hydrogen) atoms. The Balaban J connectivity index is 1.68. The molecule has 0 aromatic heterocycles. The molecular weight excluding hydrogens is 396 g/mol. The van der Waals surface area contributed by atoms with Gasteiger partial charge < -0.3 is 5.32 Å². The van der Waals surface area contributed by atoms with Crippen LogP contribution in [0.4, 0.5) is 5.69 Å². The van der Waals surface area contributed by atoms with E-state index in [2.05, 4.69) is 16.1 Å². The summed E-state index contributed by atoms with van der Waals surface area (Å²) in [5, 5.41) is 3.07. The van der Waals surface area contributed by atoms with Gasteiger partial charge in [-0.1, -0.05) is 40.9 Å². The fourth-order valence-corrected chi connectivity index (χ4v) is 4.36. The minimum absolute atomic E-state index is 0.164. The lowest BCUT2D eigenvalue weighted by Crippen LogP contribution is -2.26. The zero-order valence-corrected chi connectivity index (χ0v) is 17.2. The number of hydrogen-bond donors (Lipinski definition) is 2. The number of aryl methyl sites for hydroxylation is 1. The average Bonchev–Trinajstić information content (AvgIpc) is 2.67. The van der Waals surface area contributed by atoms with Gasteiger partial charge >= 0.3 is 0 Å². The first-order valence-electron chi connectivity index (χ1n) is 9.20. The van der Waals surface area contributed by atoms with Gasteiger partial charge in [0.2, 0.25) is 0 Å². The molecule has 148 valence electrons. The maximum absolute atomic E-state index is 12.5. The highest BCUT2D eigenvalue weighted by atomic mass is 35.5. The quantitative estimate of drug-likeness (QED) is 0.669. The monoisotopic (exact) mass is 418 g/mol. The molecule has 1 amide bonds. The van der Waals surface area contributed by atoms with Gasteiger partial charge in [-0.3, -0.25) is 9.52 Å². The number of allylic oxidation sites excluding steroid dienone is 1. The van der Waals surface area contributed by atoms with Crippen LogP contribution in [0.5, 0.6) is 0 Å². The van der Waals surface area contributed by atoms with E-state index in [0.717, 1.165) is 24.8 Å². The zero-order chi connectivity index (χ0) is 20.1. The number of nitrogens with one attached hydrogen (secondary N) is 2. The molecular formula is C21H23ClN2O3S. The normalized spacial score (nSPS) is 14.3. The Morgan fingerprint density at radius 1 is 1.11 bits per heavy atom. The molecule has 0 atom stereocenters. The topological polar surface area (TPSA) is 75.3 Å². The highest BCUT2D eigenvalue weighted by Crippen LogP contribution is 2.24. The number of rotatable bonds is 6. The van der Waals surface area contributed by atoms with Gasteiger partial charge in [0.15, 0.2) is 0 Å². The molecule has 2 aromatic rings.